The van der Waals surface area contributed by atoms with Crippen molar-refractivity contribution in [2.45, 2.75) is 294 Å². The van der Waals surface area contributed by atoms with E-state index in [1.807, 2.05) is 0 Å². The Labute approximate surface area is 782 Å². The summed E-state index contributed by atoms with van der Waals surface area (Å²) in [5, 5.41) is 123. The van der Waals surface area contributed by atoms with Gasteiger partial charge in [0, 0.05) is 25.7 Å². The number of rotatable bonds is 68. The third kappa shape index (κ3) is 49.6. The Hall–Kier alpha value is -12.2. The minimum absolute atomic E-state index is 0.0422. The van der Waals surface area contributed by atoms with Gasteiger partial charge in [0.25, 0.3) is 0 Å². The molecule has 0 bridgehead atoms. The molecule has 0 fully saturated rings. The maximum Gasteiger partial charge on any atom is 0.322 e. The van der Waals surface area contributed by atoms with Crippen LogP contribution in [0.3, 0.4) is 0 Å². The summed E-state index contributed by atoms with van der Waals surface area (Å²) in [5.74, 6) is -27.4. The Morgan fingerprint density at radius 1 is 0.289 bits per heavy atom. The number of aliphatic hydroxyl groups excluding tert-OH is 6. The Balaban J connectivity index is 6.61. The molecule has 0 unspecified atom stereocenters. The number of nitrogens with two attached hydrogens (primary N) is 5. The molecule has 135 heavy (non-hydrogen) atoms. The Bertz CT molecular complexity index is 4030. The summed E-state index contributed by atoms with van der Waals surface area (Å²) in [7, 11) is 0. The topological polar surface area (TPSA) is 901 Å². The number of amides is 21. The number of unbranched alkanes of at least 4 members (excludes halogenated alkanes) is 1. The molecule has 0 aliphatic heterocycles. The van der Waals surface area contributed by atoms with Crippen molar-refractivity contribution >= 4 is 148 Å². The molecule has 36 N–H and O–H groups in total. The molecule has 0 aliphatic carbocycles. The lowest BCUT2D eigenvalue weighted by atomic mass is 9.99. The average molecular weight is 1950 g/mol. The number of thioether (sulfide) groups is 1. The van der Waals surface area contributed by atoms with E-state index in [1.165, 1.54) is 11.8 Å². The third-order valence-electron chi connectivity index (χ3n) is 19.7. The van der Waals surface area contributed by atoms with E-state index in [-0.39, 0.29) is 56.7 Å². The van der Waals surface area contributed by atoms with Crippen molar-refractivity contribution in [3.05, 3.63) is 0 Å². The van der Waals surface area contributed by atoms with Crippen molar-refractivity contribution < 1.29 is 151 Å². The van der Waals surface area contributed by atoms with Crippen LogP contribution >= 0.6 is 11.8 Å². The molecule has 54 nitrogen and oxygen atoms in total. The number of aliphatic carboxylic acids is 2. The molecule has 0 saturated heterocycles. The van der Waals surface area contributed by atoms with Gasteiger partial charge in [-0.2, -0.15) is 11.8 Å². The lowest BCUT2D eigenvalue weighted by molar-refractivity contribution is -0.139. The molecule has 0 aromatic carbocycles. The molecule has 20 atom stereocenters. The lowest BCUT2D eigenvalue weighted by Crippen LogP contribution is -2.63. The first kappa shape index (κ1) is 123. The summed E-state index contributed by atoms with van der Waals surface area (Å²) >= 11 is 1.20. The number of nitrogens with one attached hydrogen (secondary N) is 18. The van der Waals surface area contributed by atoms with Crippen LogP contribution in [0.5, 0.6) is 0 Å². The van der Waals surface area contributed by atoms with Gasteiger partial charge in [0.2, 0.25) is 124 Å². The quantitative estimate of drug-likeness (QED) is 0.0251. The van der Waals surface area contributed by atoms with Crippen LogP contribution in [-0.2, 0) is 110 Å². The predicted molar refractivity (Wildman–Crippen MR) is 477 cm³/mol. The highest BCUT2D eigenvalue weighted by atomic mass is 32.2. The second-order valence-electron chi connectivity index (χ2n) is 33.3. The fourth-order valence-corrected chi connectivity index (χ4v) is 12.9. The Morgan fingerprint density at radius 2 is 0.578 bits per heavy atom. The number of carboxylic acids is 2. The first-order valence-electron chi connectivity index (χ1n) is 43.5. The van der Waals surface area contributed by atoms with Gasteiger partial charge < -0.3 is 165 Å². The molecule has 0 saturated carbocycles. The Kier molecular flexibility index (Phi) is 58.2. The van der Waals surface area contributed by atoms with Gasteiger partial charge in [0.05, 0.1) is 56.8 Å². The van der Waals surface area contributed by atoms with E-state index in [9.17, 15) is 146 Å². The van der Waals surface area contributed by atoms with E-state index >= 15 is 0 Å². The van der Waals surface area contributed by atoms with Gasteiger partial charge in [0.1, 0.15) is 97.2 Å². The number of primary amides is 3. The van der Waals surface area contributed by atoms with Gasteiger partial charge >= 0.3 is 11.9 Å². The number of carbonyl (C=O) groups is 23. The van der Waals surface area contributed by atoms with Gasteiger partial charge in [-0.3, -0.25) is 110 Å². The smallest absolute Gasteiger partial charge is 0.322 e. The summed E-state index contributed by atoms with van der Waals surface area (Å²) < 4.78 is 0. The summed E-state index contributed by atoms with van der Waals surface area (Å²) in [5.41, 5.74) is 27.4. The zero-order valence-electron chi connectivity index (χ0n) is 77.6. The standard InChI is InChI=1S/C80H139N23O31S/c1-35(2)27-43(82)66(120)100-61(39(8)106)79(133)98-53(34-105)76(130)94-47(18-22-56(85)112)71(125)101-62(40(9)107)77(131)95-49(24-26-135-12)68(122)87-30-57(113)86-31-58(114)90-45(16-20-54(83)110)69(123)89-38(7)65(119)91-48(19-23-59(115)116)72(126)102-63(41(10)108)78(132)97-50(28-36(3)4)73(127)96-51(29-37(5)6)74(128)103-64(42(11)109)80(134)99-52(33-104)75(129)93-46(17-21-55(84)111)70(124)92-44(15-13-14-25-81)67(121)88-32-60(117)118/h35-53,61-64,104-109H,13-34,81-82H2,1-12H3,(H2,83,110)(H2,84,111)(H2,85,112)(H,86,113)(H,87,122)(H,88,121)(H,89,123)(H,90,114)(H,91,119)(H,92,124)(H,93,129)(H,94,130)(H,95,131)(H,96,127)(H,97,132)(H,98,133)(H,99,134)(H,100,120)(H,101,125)(H,102,126)(H,103,128)(H,115,116)(H,117,118)/t38-,39+,40+,41+,42+,43-,44-,45-,46-,47-,48-,49-,50-,51-,52-,53-,61-,62-,63-,64-/m0/s1. The highest BCUT2D eigenvalue weighted by Crippen LogP contribution is 2.15. The minimum atomic E-state index is -2.03. The van der Waals surface area contributed by atoms with Gasteiger partial charge in [-0.15, -0.1) is 0 Å². The Morgan fingerprint density at radius 3 is 0.933 bits per heavy atom. The van der Waals surface area contributed by atoms with Crippen molar-refractivity contribution in [1.29, 1.82) is 0 Å². The molecule has 0 aliphatic rings. The van der Waals surface area contributed by atoms with Crippen LogP contribution in [0.1, 0.15) is 172 Å². The van der Waals surface area contributed by atoms with Crippen molar-refractivity contribution in [3.8, 4) is 0 Å². The van der Waals surface area contributed by atoms with E-state index < -0.39 is 353 Å². The van der Waals surface area contributed by atoms with Crippen LogP contribution in [0, 0.1) is 17.8 Å². The predicted octanol–water partition coefficient (Wildman–Crippen LogP) is -13.8. The number of carboxylic acid groups (broad SMARTS) is 2. The molecule has 55 heteroatoms. The second kappa shape index (κ2) is 63.9. The summed E-state index contributed by atoms with van der Waals surface area (Å²) in [6.45, 7) is 10.5. The zero-order chi connectivity index (χ0) is 104. The molecule has 0 spiro atoms. The van der Waals surface area contributed by atoms with Crippen LogP contribution in [0.15, 0.2) is 0 Å². The van der Waals surface area contributed by atoms with Gasteiger partial charge in [-0.25, -0.2) is 0 Å². The third-order valence-corrected chi connectivity index (χ3v) is 20.4. The molecular formula is C80H139N23O31S. The molecule has 0 heterocycles. The lowest BCUT2D eigenvalue weighted by Gasteiger charge is -2.30. The summed E-state index contributed by atoms with van der Waals surface area (Å²) in [6.07, 6.45) is -10.1. The SMILES string of the molecule is CSCC[C@H](NC(=O)[C@@H](NC(=O)[C@H](CCC(N)=O)NC(=O)[C@H](CO)NC(=O)[C@@H](NC(=O)[C@@H](N)CC(C)C)[C@@H](C)O)[C@@H](C)O)C(=O)NCC(=O)NCC(=O)N[C@@H](CCC(N)=O)C(=O)N[C@@H](C)C(=O)N[C@@H](CCC(=O)O)C(=O)N[C@H](C(=O)N[C@@H](CC(C)C)C(=O)N[C@@H](CC(C)C)C(=O)N[C@H](C(=O)N[C@@H](CO)C(=O)N[C@@H](CCC(N)=O)C(=O)N[C@@H](CCCCN)C(=O)NCC(=O)O)[C@@H](C)O)[C@@H](C)O. The molecular weight excluding hydrogens is 1810 g/mol. The maximum atomic E-state index is 14.4. The molecule has 0 rings (SSSR count). The van der Waals surface area contributed by atoms with Gasteiger partial charge in [0.15, 0.2) is 0 Å². The van der Waals surface area contributed by atoms with Crippen molar-refractivity contribution in [1.82, 2.24) is 95.7 Å². The van der Waals surface area contributed by atoms with Crippen LogP contribution in [0.4, 0.5) is 0 Å². The van der Waals surface area contributed by atoms with Crippen LogP contribution in [0.25, 0.3) is 0 Å². The normalized spacial score (nSPS) is 15.6. The number of hydrogen-bond acceptors (Lipinski definition) is 32. The highest BCUT2D eigenvalue weighted by Gasteiger charge is 2.41. The zero-order valence-corrected chi connectivity index (χ0v) is 78.4. The maximum absolute atomic E-state index is 14.4. The first-order chi connectivity index (χ1) is 62.9. The van der Waals surface area contributed by atoms with Crippen molar-refractivity contribution in [3.63, 3.8) is 0 Å². The highest BCUT2D eigenvalue weighted by molar-refractivity contribution is 7.98. The van der Waals surface area contributed by atoms with Crippen molar-refractivity contribution in [2.75, 3.05) is 51.4 Å². The van der Waals surface area contributed by atoms with Crippen molar-refractivity contribution in [2.24, 2.45) is 46.4 Å². The average Bonchev–Trinajstić information content (AvgIpc) is 0.845. The first-order valence-corrected chi connectivity index (χ1v) is 44.9. The second-order valence-corrected chi connectivity index (χ2v) is 34.3. The van der Waals surface area contributed by atoms with Gasteiger partial charge in [-0.1, -0.05) is 41.5 Å². The molecule has 0 aromatic rings. The molecule has 0 aromatic heterocycles. The number of carbonyl (C=O) groups excluding carboxylic acids is 21. The van der Waals surface area contributed by atoms with Crippen LogP contribution in [-0.4, -0.2) is 349 Å². The minimum Gasteiger partial charge on any atom is -0.481 e. The fraction of sp³-hybridized carbons (Fsp3) is 0.713. The largest absolute Gasteiger partial charge is 0.481 e. The monoisotopic (exact) mass is 1950 g/mol. The fourth-order valence-electron chi connectivity index (χ4n) is 12.4. The molecule has 766 valence electrons. The van der Waals surface area contributed by atoms with Crippen LogP contribution in [0.2, 0.25) is 0 Å². The number of hydrogen-bond donors (Lipinski definition) is 31. The van der Waals surface area contributed by atoms with E-state index in [4.69, 9.17) is 33.8 Å². The van der Waals surface area contributed by atoms with Gasteiger partial charge in [-0.05, 0) is 142 Å². The summed E-state index contributed by atoms with van der Waals surface area (Å²) in [6, 6.07) is -27.6. The van der Waals surface area contributed by atoms with Crippen LogP contribution < -0.4 is 124 Å². The van der Waals surface area contributed by atoms with E-state index in [1.54, 1.807) is 47.8 Å². The van der Waals surface area contributed by atoms with E-state index in [0.29, 0.717) is 6.42 Å². The molecule has 0 radical (unpaired) electrons. The number of aliphatic hydroxyl groups is 6. The molecule has 21 amide bonds. The summed E-state index contributed by atoms with van der Waals surface area (Å²) in [4.78, 5) is 305. The van der Waals surface area contributed by atoms with E-state index in [0.717, 1.165) is 34.6 Å². The van der Waals surface area contributed by atoms with E-state index in [2.05, 4.69) is 95.7 Å².